The number of aliphatic hydroxyl groups is 1. The number of carbonyl (C=O) groups is 2. The smallest absolute Gasteiger partial charge is 0.342 e. The van der Waals surface area contributed by atoms with Crippen LogP contribution in [0.3, 0.4) is 0 Å². The fraction of sp³-hybridized carbons (Fsp3) is 0.538. The maximum atomic E-state index is 11.8. The van der Waals surface area contributed by atoms with Gasteiger partial charge in [0, 0.05) is 18.4 Å². The summed E-state index contributed by atoms with van der Waals surface area (Å²) >= 11 is 0. The molecular weight excluding hydrogens is 236 g/mol. The van der Waals surface area contributed by atoms with Gasteiger partial charge in [-0.2, -0.15) is 0 Å². The molecule has 0 amide bonds. The molecule has 0 aromatic rings. The summed E-state index contributed by atoms with van der Waals surface area (Å²) in [5.41, 5.74) is -1.43. The first-order valence-corrected chi connectivity index (χ1v) is 5.73. The SMILES string of the molecule is C=C/C=C(\COC(C)=O)[C@@](O)(C(=O)OC)C1CC1. The van der Waals surface area contributed by atoms with E-state index < -0.39 is 17.5 Å². The topological polar surface area (TPSA) is 72.8 Å². The molecule has 18 heavy (non-hydrogen) atoms. The van der Waals surface area contributed by atoms with Crippen LogP contribution >= 0.6 is 0 Å². The largest absolute Gasteiger partial charge is 0.467 e. The summed E-state index contributed by atoms with van der Waals surface area (Å²) in [5.74, 6) is -1.40. The van der Waals surface area contributed by atoms with Gasteiger partial charge in [0.05, 0.1) is 7.11 Å². The Bertz CT molecular complexity index is 381. The highest BCUT2D eigenvalue weighted by Gasteiger charge is 2.53. The number of ether oxygens (including phenoxy) is 2. The predicted octanol–water partition coefficient (Wildman–Crippen LogP) is 0.976. The highest BCUT2D eigenvalue weighted by atomic mass is 16.5. The fourth-order valence-corrected chi connectivity index (χ4v) is 1.82. The average molecular weight is 254 g/mol. The molecular formula is C13H18O5. The minimum atomic E-state index is -1.72. The Morgan fingerprint density at radius 2 is 2.11 bits per heavy atom. The summed E-state index contributed by atoms with van der Waals surface area (Å²) in [6, 6.07) is 0. The third-order valence-electron chi connectivity index (χ3n) is 2.90. The molecule has 1 fully saturated rings. The molecule has 5 nitrogen and oxygen atoms in total. The van der Waals surface area contributed by atoms with E-state index in [0.717, 1.165) is 12.8 Å². The number of esters is 2. The highest BCUT2D eigenvalue weighted by Crippen LogP contribution is 2.44. The van der Waals surface area contributed by atoms with Crippen LogP contribution in [0, 0.1) is 5.92 Å². The molecule has 1 N–H and O–H groups in total. The average Bonchev–Trinajstić information content (AvgIpc) is 3.16. The van der Waals surface area contributed by atoms with Crippen molar-refractivity contribution in [1.82, 2.24) is 0 Å². The molecule has 1 aliphatic rings. The van der Waals surface area contributed by atoms with Gasteiger partial charge in [-0.15, -0.1) is 0 Å². The lowest BCUT2D eigenvalue weighted by molar-refractivity contribution is -0.162. The van der Waals surface area contributed by atoms with Gasteiger partial charge in [-0.1, -0.05) is 18.7 Å². The van der Waals surface area contributed by atoms with E-state index in [1.165, 1.54) is 26.2 Å². The third kappa shape index (κ3) is 2.98. The van der Waals surface area contributed by atoms with Crippen LogP contribution in [0.4, 0.5) is 0 Å². The lowest BCUT2D eigenvalue weighted by atomic mass is 9.88. The van der Waals surface area contributed by atoms with E-state index in [1.54, 1.807) is 0 Å². The number of hydrogen-bond donors (Lipinski definition) is 1. The van der Waals surface area contributed by atoms with Gasteiger partial charge >= 0.3 is 11.9 Å². The highest BCUT2D eigenvalue weighted by molar-refractivity contribution is 5.84. The van der Waals surface area contributed by atoms with Gasteiger partial charge in [0.1, 0.15) is 6.61 Å². The minimum absolute atomic E-state index is 0.149. The predicted molar refractivity (Wildman–Crippen MR) is 64.6 cm³/mol. The number of allylic oxidation sites excluding steroid dienone is 2. The zero-order valence-electron chi connectivity index (χ0n) is 10.6. The van der Waals surface area contributed by atoms with E-state index in [-0.39, 0.29) is 12.5 Å². The van der Waals surface area contributed by atoms with Gasteiger partial charge in [0.2, 0.25) is 0 Å². The molecule has 1 aliphatic carbocycles. The first-order chi connectivity index (χ1) is 8.46. The van der Waals surface area contributed by atoms with Gasteiger partial charge in [-0.05, 0) is 12.8 Å². The standard InChI is InChI=1S/C13H18O5/c1-4-5-11(8-18-9(2)14)13(16,10-6-7-10)12(15)17-3/h4-5,10,16H,1,6-8H2,2-3H3/b11-5+/t13-/m1/s1. The van der Waals surface area contributed by atoms with Gasteiger partial charge in [0.25, 0.3) is 0 Å². The zero-order valence-corrected chi connectivity index (χ0v) is 10.6. The van der Waals surface area contributed by atoms with Crippen LogP contribution in [-0.4, -0.2) is 36.4 Å². The zero-order chi connectivity index (χ0) is 13.8. The van der Waals surface area contributed by atoms with Crippen LogP contribution in [0.2, 0.25) is 0 Å². The summed E-state index contributed by atoms with van der Waals surface area (Å²) < 4.78 is 9.50. The van der Waals surface area contributed by atoms with Crippen LogP contribution in [0.1, 0.15) is 19.8 Å². The first kappa shape index (κ1) is 14.4. The molecule has 1 rings (SSSR count). The molecule has 0 aliphatic heterocycles. The molecule has 0 saturated heterocycles. The van der Waals surface area contributed by atoms with Crippen LogP contribution in [-0.2, 0) is 19.1 Å². The van der Waals surface area contributed by atoms with E-state index in [4.69, 9.17) is 4.74 Å². The molecule has 0 unspecified atom stereocenters. The Morgan fingerprint density at radius 3 is 2.50 bits per heavy atom. The molecule has 0 spiro atoms. The Morgan fingerprint density at radius 1 is 1.50 bits per heavy atom. The van der Waals surface area contributed by atoms with Crippen LogP contribution in [0.15, 0.2) is 24.3 Å². The number of hydrogen-bond acceptors (Lipinski definition) is 5. The maximum absolute atomic E-state index is 11.8. The molecule has 0 aromatic carbocycles. The number of methoxy groups -OCH3 is 1. The van der Waals surface area contributed by atoms with Crippen molar-refractivity contribution in [3.05, 3.63) is 24.3 Å². The van der Waals surface area contributed by atoms with E-state index in [0.29, 0.717) is 5.57 Å². The minimum Gasteiger partial charge on any atom is -0.467 e. The Hall–Kier alpha value is -1.62. The van der Waals surface area contributed by atoms with Crippen molar-refractivity contribution in [1.29, 1.82) is 0 Å². The maximum Gasteiger partial charge on any atom is 0.342 e. The van der Waals surface area contributed by atoms with Crippen molar-refractivity contribution in [3.8, 4) is 0 Å². The summed E-state index contributed by atoms with van der Waals surface area (Å²) in [5, 5.41) is 10.5. The van der Waals surface area contributed by atoms with Crippen molar-refractivity contribution in [3.63, 3.8) is 0 Å². The van der Waals surface area contributed by atoms with Crippen LogP contribution in [0.25, 0.3) is 0 Å². The number of rotatable bonds is 6. The molecule has 100 valence electrons. The van der Waals surface area contributed by atoms with Crippen molar-refractivity contribution < 1.29 is 24.2 Å². The van der Waals surface area contributed by atoms with E-state index in [2.05, 4.69) is 11.3 Å². The van der Waals surface area contributed by atoms with Crippen LogP contribution in [0.5, 0.6) is 0 Å². The second-order valence-corrected chi connectivity index (χ2v) is 4.24. The first-order valence-electron chi connectivity index (χ1n) is 5.73. The van der Waals surface area contributed by atoms with Crippen molar-refractivity contribution in [2.75, 3.05) is 13.7 Å². The van der Waals surface area contributed by atoms with Crippen molar-refractivity contribution in [2.24, 2.45) is 5.92 Å². The second kappa shape index (κ2) is 5.82. The van der Waals surface area contributed by atoms with Crippen LogP contribution < -0.4 is 0 Å². The molecule has 0 aromatic heterocycles. The normalized spacial score (nSPS) is 18.7. The van der Waals surface area contributed by atoms with Crippen molar-refractivity contribution >= 4 is 11.9 Å². The van der Waals surface area contributed by atoms with Gasteiger partial charge in [0.15, 0.2) is 5.60 Å². The molecule has 1 saturated carbocycles. The third-order valence-corrected chi connectivity index (χ3v) is 2.90. The van der Waals surface area contributed by atoms with Gasteiger partial charge in [-0.25, -0.2) is 4.79 Å². The van der Waals surface area contributed by atoms with E-state index >= 15 is 0 Å². The lowest BCUT2D eigenvalue weighted by Gasteiger charge is -2.27. The second-order valence-electron chi connectivity index (χ2n) is 4.24. The van der Waals surface area contributed by atoms with E-state index in [1.807, 2.05) is 0 Å². The summed E-state index contributed by atoms with van der Waals surface area (Å²) in [7, 11) is 1.22. The lowest BCUT2D eigenvalue weighted by Crippen LogP contribution is -2.45. The van der Waals surface area contributed by atoms with Gasteiger partial charge in [-0.3, -0.25) is 4.79 Å². The Kier molecular flexibility index (Phi) is 4.67. The fourth-order valence-electron chi connectivity index (χ4n) is 1.82. The molecule has 0 bridgehead atoms. The van der Waals surface area contributed by atoms with E-state index in [9.17, 15) is 14.7 Å². The number of carbonyl (C=O) groups excluding carboxylic acids is 2. The van der Waals surface area contributed by atoms with Crippen molar-refractivity contribution in [2.45, 2.75) is 25.4 Å². The molecule has 0 radical (unpaired) electrons. The summed E-state index contributed by atoms with van der Waals surface area (Å²) in [6.07, 6.45) is 4.40. The summed E-state index contributed by atoms with van der Waals surface area (Å²) in [4.78, 5) is 22.6. The summed E-state index contributed by atoms with van der Waals surface area (Å²) in [6.45, 7) is 4.64. The Labute approximate surface area is 106 Å². The Balaban J connectivity index is 2.98. The molecule has 5 heteroatoms. The van der Waals surface area contributed by atoms with Gasteiger partial charge < -0.3 is 14.6 Å². The monoisotopic (exact) mass is 254 g/mol. The molecule has 0 heterocycles. The quantitative estimate of drug-likeness (QED) is 0.565. The molecule has 1 atom stereocenters.